The molecule has 0 aromatic carbocycles. The summed E-state index contributed by atoms with van der Waals surface area (Å²) in [7, 11) is 1.47. The smallest absolute Gasteiger partial charge is 0.338 e. The molecule has 0 aliphatic rings. The molecular weight excluding hydrogens is 244 g/mol. The van der Waals surface area contributed by atoms with Crippen molar-refractivity contribution in [2.45, 2.75) is 66.6 Å². The fourth-order valence-corrected chi connectivity index (χ4v) is 1.79. The van der Waals surface area contributed by atoms with E-state index in [0.717, 1.165) is 0 Å². The van der Waals surface area contributed by atoms with Gasteiger partial charge in [0.1, 0.15) is 11.9 Å². The zero-order chi connectivity index (χ0) is 15.4. The molecule has 0 aliphatic carbocycles. The Morgan fingerprint density at radius 2 is 1.58 bits per heavy atom. The molecular formula is C15H28O4. The molecule has 0 rings (SSSR count). The summed E-state index contributed by atoms with van der Waals surface area (Å²) >= 11 is 0. The summed E-state index contributed by atoms with van der Waals surface area (Å²) in [5, 5.41) is 0. The standard InChI is InChI=1S/C15H28O4/c1-9-12(16)14(4,5)10(2)11(3)19-13(17)15(6,7)18-8/h10-11H,9H2,1-8H3. The van der Waals surface area contributed by atoms with Crippen molar-refractivity contribution in [3.63, 3.8) is 0 Å². The highest BCUT2D eigenvalue weighted by atomic mass is 16.6. The predicted octanol–water partition coefficient (Wildman–Crippen LogP) is 2.98. The van der Waals surface area contributed by atoms with Crippen LogP contribution >= 0.6 is 0 Å². The molecule has 4 nitrogen and oxygen atoms in total. The molecule has 0 radical (unpaired) electrons. The Bertz CT molecular complexity index is 331. The lowest BCUT2D eigenvalue weighted by atomic mass is 9.73. The summed E-state index contributed by atoms with van der Waals surface area (Å²) in [6.45, 7) is 12.7. The van der Waals surface area contributed by atoms with Crippen molar-refractivity contribution in [1.29, 1.82) is 0 Å². The Morgan fingerprint density at radius 1 is 1.11 bits per heavy atom. The van der Waals surface area contributed by atoms with E-state index >= 15 is 0 Å². The van der Waals surface area contributed by atoms with Crippen LogP contribution in [0, 0.1) is 11.3 Å². The third-order valence-electron chi connectivity index (χ3n) is 4.18. The van der Waals surface area contributed by atoms with Gasteiger partial charge < -0.3 is 9.47 Å². The molecule has 0 fully saturated rings. The minimum absolute atomic E-state index is 0.0587. The summed E-state index contributed by atoms with van der Waals surface area (Å²) in [6, 6.07) is 0. The van der Waals surface area contributed by atoms with Gasteiger partial charge in [0.25, 0.3) is 0 Å². The van der Waals surface area contributed by atoms with Gasteiger partial charge in [-0.15, -0.1) is 0 Å². The fourth-order valence-electron chi connectivity index (χ4n) is 1.79. The van der Waals surface area contributed by atoms with E-state index in [9.17, 15) is 9.59 Å². The van der Waals surface area contributed by atoms with Crippen LogP contribution in [0.15, 0.2) is 0 Å². The van der Waals surface area contributed by atoms with Crippen molar-refractivity contribution in [2.75, 3.05) is 7.11 Å². The monoisotopic (exact) mass is 272 g/mol. The number of ketones is 1. The zero-order valence-corrected chi connectivity index (χ0v) is 13.5. The number of rotatable bonds is 7. The Morgan fingerprint density at radius 3 is 1.95 bits per heavy atom. The molecule has 0 N–H and O–H groups in total. The van der Waals surface area contributed by atoms with Gasteiger partial charge in [-0.3, -0.25) is 4.79 Å². The summed E-state index contributed by atoms with van der Waals surface area (Å²) in [5.41, 5.74) is -1.47. The Kier molecular flexibility index (Phi) is 6.20. The number of carbonyl (C=O) groups is 2. The number of esters is 1. The lowest BCUT2D eigenvalue weighted by molar-refractivity contribution is -0.174. The first kappa shape index (κ1) is 18.1. The van der Waals surface area contributed by atoms with Crippen molar-refractivity contribution in [3.8, 4) is 0 Å². The molecule has 0 saturated carbocycles. The van der Waals surface area contributed by atoms with Crippen LogP contribution in [0.5, 0.6) is 0 Å². The molecule has 0 aliphatic heterocycles. The zero-order valence-electron chi connectivity index (χ0n) is 13.5. The fraction of sp³-hybridized carbons (Fsp3) is 0.867. The van der Waals surface area contributed by atoms with Crippen LogP contribution in [0.25, 0.3) is 0 Å². The normalized spacial score (nSPS) is 15.8. The first-order valence-electron chi connectivity index (χ1n) is 6.80. The maximum atomic E-state index is 12.0. The second kappa shape index (κ2) is 6.51. The molecule has 2 atom stereocenters. The highest BCUT2D eigenvalue weighted by Gasteiger charge is 2.39. The van der Waals surface area contributed by atoms with Crippen molar-refractivity contribution in [2.24, 2.45) is 11.3 Å². The minimum atomic E-state index is -0.965. The van der Waals surface area contributed by atoms with Crippen LogP contribution in [0.2, 0.25) is 0 Å². The number of methoxy groups -OCH3 is 1. The third kappa shape index (κ3) is 4.30. The highest BCUT2D eigenvalue weighted by molar-refractivity contribution is 5.84. The molecule has 0 heterocycles. The predicted molar refractivity (Wildman–Crippen MR) is 74.9 cm³/mol. The summed E-state index contributed by atoms with van der Waals surface area (Å²) in [6.07, 6.45) is 0.147. The van der Waals surface area contributed by atoms with E-state index in [1.54, 1.807) is 13.8 Å². The molecule has 112 valence electrons. The SMILES string of the molecule is CCC(=O)C(C)(C)C(C)C(C)OC(=O)C(C)(C)OC. The van der Waals surface area contributed by atoms with E-state index < -0.39 is 17.0 Å². The van der Waals surface area contributed by atoms with E-state index in [1.807, 2.05) is 34.6 Å². The number of carbonyl (C=O) groups excluding carboxylic acids is 2. The van der Waals surface area contributed by atoms with Gasteiger partial charge in [0.2, 0.25) is 0 Å². The van der Waals surface area contributed by atoms with E-state index in [0.29, 0.717) is 6.42 Å². The first-order valence-corrected chi connectivity index (χ1v) is 6.80. The maximum absolute atomic E-state index is 12.0. The number of hydrogen-bond acceptors (Lipinski definition) is 4. The third-order valence-corrected chi connectivity index (χ3v) is 4.18. The Labute approximate surface area is 116 Å². The molecule has 0 spiro atoms. The highest BCUT2D eigenvalue weighted by Crippen LogP contribution is 2.33. The lowest BCUT2D eigenvalue weighted by Crippen LogP contribution is -2.43. The first-order chi connectivity index (χ1) is 8.50. The molecule has 0 bridgehead atoms. The average Bonchev–Trinajstić information content (AvgIpc) is 2.36. The molecule has 4 heteroatoms. The second-order valence-corrected chi connectivity index (χ2v) is 6.11. The van der Waals surface area contributed by atoms with Crippen LogP contribution in [0.1, 0.15) is 54.9 Å². The van der Waals surface area contributed by atoms with Gasteiger partial charge in [-0.1, -0.05) is 27.7 Å². The van der Waals surface area contributed by atoms with Gasteiger partial charge in [0, 0.05) is 24.9 Å². The van der Waals surface area contributed by atoms with E-state index in [4.69, 9.17) is 9.47 Å². The summed E-state index contributed by atoms with van der Waals surface area (Å²) in [5.74, 6) is -0.292. The molecule has 2 unspecified atom stereocenters. The lowest BCUT2D eigenvalue weighted by Gasteiger charge is -2.35. The van der Waals surface area contributed by atoms with Gasteiger partial charge in [0.05, 0.1) is 0 Å². The molecule has 0 amide bonds. The average molecular weight is 272 g/mol. The Balaban J connectivity index is 4.81. The van der Waals surface area contributed by atoms with Crippen LogP contribution in [-0.4, -0.2) is 30.6 Å². The van der Waals surface area contributed by atoms with E-state index in [1.165, 1.54) is 7.11 Å². The van der Waals surface area contributed by atoms with Crippen molar-refractivity contribution >= 4 is 11.8 Å². The summed E-state index contributed by atoms with van der Waals surface area (Å²) < 4.78 is 10.5. The van der Waals surface area contributed by atoms with Gasteiger partial charge in [-0.25, -0.2) is 4.79 Å². The van der Waals surface area contributed by atoms with Crippen LogP contribution in [0.4, 0.5) is 0 Å². The van der Waals surface area contributed by atoms with Crippen LogP contribution < -0.4 is 0 Å². The topological polar surface area (TPSA) is 52.6 Å². The maximum Gasteiger partial charge on any atom is 0.338 e. The van der Waals surface area contributed by atoms with E-state index in [2.05, 4.69) is 0 Å². The Hall–Kier alpha value is -0.900. The molecule has 0 saturated heterocycles. The van der Waals surface area contributed by atoms with Gasteiger partial charge in [-0.05, 0) is 20.8 Å². The molecule has 0 aromatic rings. The minimum Gasteiger partial charge on any atom is -0.460 e. The van der Waals surface area contributed by atoms with Crippen molar-refractivity contribution in [3.05, 3.63) is 0 Å². The van der Waals surface area contributed by atoms with Crippen LogP contribution in [-0.2, 0) is 19.1 Å². The summed E-state index contributed by atoms with van der Waals surface area (Å²) in [4.78, 5) is 23.9. The van der Waals surface area contributed by atoms with E-state index in [-0.39, 0.29) is 17.8 Å². The second-order valence-electron chi connectivity index (χ2n) is 6.11. The van der Waals surface area contributed by atoms with Gasteiger partial charge in [-0.2, -0.15) is 0 Å². The van der Waals surface area contributed by atoms with Crippen molar-refractivity contribution in [1.82, 2.24) is 0 Å². The van der Waals surface area contributed by atoms with Crippen molar-refractivity contribution < 1.29 is 19.1 Å². The number of ether oxygens (including phenoxy) is 2. The largest absolute Gasteiger partial charge is 0.460 e. The number of hydrogen-bond donors (Lipinski definition) is 0. The molecule has 19 heavy (non-hydrogen) atoms. The number of Topliss-reactive ketones (excluding diaryl/α,β-unsaturated/α-hetero) is 1. The quantitative estimate of drug-likeness (QED) is 0.669. The molecule has 0 aromatic heterocycles. The van der Waals surface area contributed by atoms with Crippen LogP contribution in [0.3, 0.4) is 0 Å². The van der Waals surface area contributed by atoms with Gasteiger partial charge >= 0.3 is 5.97 Å². The van der Waals surface area contributed by atoms with Gasteiger partial charge in [0.15, 0.2) is 5.60 Å².